The van der Waals surface area contributed by atoms with E-state index in [0.717, 1.165) is 4.88 Å². The molecule has 9 nitrogen and oxygen atoms in total. The van der Waals surface area contributed by atoms with Gasteiger partial charge in [0.05, 0.1) is 25.5 Å². The van der Waals surface area contributed by atoms with Crippen LogP contribution in [0, 0.1) is 6.92 Å². The molecule has 0 aromatic carbocycles. The van der Waals surface area contributed by atoms with Crippen LogP contribution in [0.4, 0.5) is 9.93 Å². The number of hydrogen-bond acceptors (Lipinski definition) is 9. The number of rotatable bonds is 4. The second-order valence-corrected chi connectivity index (χ2v) is 6.30. The second kappa shape index (κ2) is 7.51. The molecule has 1 aliphatic rings. The number of thiazole rings is 1. The van der Waals surface area contributed by atoms with Crippen LogP contribution in [0.3, 0.4) is 0 Å². The minimum atomic E-state index is -1.41. The van der Waals surface area contributed by atoms with E-state index in [-0.39, 0.29) is 6.42 Å². The molecule has 2 heterocycles. The zero-order chi connectivity index (χ0) is 17.1. The molecule has 1 aliphatic heterocycles. The fourth-order valence-corrected chi connectivity index (χ4v) is 3.33. The number of ether oxygens (including phenoxy) is 2. The first kappa shape index (κ1) is 18.0. The number of aliphatic hydroxyl groups is 4. The number of amides is 1. The first-order chi connectivity index (χ1) is 10.9. The van der Waals surface area contributed by atoms with Crippen LogP contribution in [-0.2, 0) is 15.9 Å². The predicted molar refractivity (Wildman–Crippen MR) is 80.3 cm³/mol. The molecule has 1 aromatic rings. The summed E-state index contributed by atoms with van der Waals surface area (Å²) in [6, 6.07) is 0. The van der Waals surface area contributed by atoms with Crippen molar-refractivity contribution in [3.8, 4) is 0 Å². The van der Waals surface area contributed by atoms with Crippen molar-refractivity contribution in [2.45, 2.75) is 43.9 Å². The maximum atomic E-state index is 11.2. The summed E-state index contributed by atoms with van der Waals surface area (Å²) >= 11 is 1.19. The van der Waals surface area contributed by atoms with Crippen molar-refractivity contribution in [1.29, 1.82) is 0 Å². The van der Waals surface area contributed by atoms with E-state index < -0.39 is 43.2 Å². The number of hydrogen-bond donors (Lipinski definition) is 5. The van der Waals surface area contributed by atoms with Gasteiger partial charge in [0.1, 0.15) is 24.4 Å². The molecule has 23 heavy (non-hydrogen) atoms. The lowest BCUT2D eigenvalue weighted by molar-refractivity contribution is -0.228. The molecule has 0 spiro atoms. The molecule has 0 bridgehead atoms. The van der Waals surface area contributed by atoms with Crippen LogP contribution in [0.2, 0.25) is 0 Å². The Morgan fingerprint density at radius 3 is 2.57 bits per heavy atom. The zero-order valence-corrected chi connectivity index (χ0v) is 13.5. The van der Waals surface area contributed by atoms with Gasteiger partial charge in [-0.1, -0.05) is 0 Å². The van der Waals surface area contributed by atoms with Gasteiger partial charge in [0.15, 0.2) is 5.13 Å². The zero-order valence-electron chi connectivity index (χ0n) is 12.7. The highest BCUT2D eigenvalue weighted by atomic mass is 32.1. The van der Waals surface area contributed by atoms with Gasteiger partial charge in [-0.25, -0.2) is 9.78 Å². The molecule has 0 radical (unpaired) electrons. The van der Waals surface area contributed by atoms with Crippen LogP contribution in [0.5, 0.6) is 0 Å². The topological polar surface area (TPSA) is 141 Å². The van der Waals surface area contributed by atoms with E-state index in [1.807, 2.05) is 0 Å². The molecule has 130 valence electrons. The molecule has 1 aromatic heterocycles. The SMILES string of the molecule is COC(=O)Nc1nc(C)c(C[C@@H]2O[C@H](CO)[C@H](O)[C@H](O)[C@H]2O)s1. The highest BCUT2D eigenvalue weighted by Crippen LogP contribution is 2.29. The third-order valence-corrected chi connectivity index (χ3v) is 4.76. The third-order valence-electron chi connectivity index (χ3n) is 3.66. The monoisotopic (exact) mass is 348 g/mol. The first-order valence-electron chi connectivity index (χ1n) is 6.99. The molecule has 0 unspecified atom stereocenters. The van der Waals surface area contributed by atoms with Crippen molar-refractivity contribution in [2.75, 3.05) is 19.0 Å². The molecule has 1 saturated heterocycles. The number of carbonyl (C=O) groups is 1. The van der Waals surface area contributed by atoms with E-state index in [4.69, 9.17) is 4.74 Å². The van der Waals surface area contributed by atoms with Crippen molar-refractivity contribution < 1.29 is 34.7 Å². The van der Waals surface area contributed by atoms with Crippen LogP contribution in [0.1, 0.15) is 10.6 Å². The lowest BCUT2D eigenvalue weighted by Gasteiger charge is -2.40. The highest BCUT2D eigenvalue weighted by Gasteiger charge is 2.43. The van der Waals surface area contributed by atoms with Crippen LogP contribution in [0.15, 0.2) is 0 Å². The third kappa shape index (κ3) is 3.97. The van der Waals surface area contributed by atoms with E-state index in [9.17, 15) is 25.2 Å². The normalized spacial score (nSPS) is 31.0. The molecule has 10 heteroatoms. The van der Waals surface area contributed by atoms with Gasteiger partial charge in [-0.15, -0.1) is 11.3 Å². The lowest BCUT2D eigenvalue weighted by Crippen LogP contribution is -2.58. The van der Waals surface area contributed by atoms with E-state index >= 15 is 0 Å². The Hall–Kier alpha value is -1.30. The summed E-state index contributed by atoms with van der Waals surface area (Å²) < 4.78 is 9.95. The summed E-state index contributed by atoms with van der Waals surface area (Å²) in [4.78, 5) is 16.1. The van der Waals surface area contributed by atoms with Gasteiger partial charge in [0, 0.05) is 11.3 Å². The fourth-order valence-electron chi connectivity index (χ4n) is 2.34. The van der Waals surface area contributed by atoms with Crippen molar-refractivity contribution in [3.05, 3.63) is 10.6 Å². The molecule has 1 fully saturated rings. The Kier molecular flexibility index (Phi) is 5.89. The number of methoxy groups -OCH3 is 1. The predicted octanol–water partition coefficient (Wildman–Crippen LogP) is -0.985. The van der Waals surface area contributed by atoms with Crippen molar-refractivity contribution in [2.24, 2.45) is 0 Å². The van der Waals surface area contributed by atoms with Crippen molar-refractivity contribution in [3.63, 3.8) is 0 Å². The molecule has 1 amide bonds. The Morgan fingerprint density at radius 2 is 1.96 bits per heavy atom. The second-order valence-electron chi connectivity index (χ2n) is 5.22. The Bertz CT molecular complexity index is 550. The molecule has 2 rings (SSSR count). The average Bonchev–Trinajstić information content (AvgIpc) is 2.87. The highest BCUT2D eigenvalue weighted by molar-refractivity contribution is 7.15. The maximum Gasteiger partial charge on any atom is 0.413 e. The summed E-state index contributed by atoms with van der Waals surface area (Å²) in [5, 5.41) is 41.6. The fraction of sp³-hybridized carbons (Fsp3) is 0.692. The number of anilines is 1. The summed E-state index contributed by atoms with van der Waals surface area (Å²) in [5.74, 6) is 0. The van der Waals surface area contributed by atoms with E-state index in [2.05, 4.69) is 15.0 Å². The molecule has 0 saturated carbocycles. The summed E-state index contributed by atoms with van der Waals surface area (Å²) in [7, 11) is 1.24. The minimum absolute atomic E-state index is 0.216. The van der Waals surface area contributed by atoms with E-state index in [1.54, 1.807) is 6.92 Å². The van der Waals surface area contributed by atoms with Crippen molar-refractivity contribution in [1.82, 2.24) is 4.98 Å². The van der Waals surface area contributed by atoms with Gasteiger partial charge in [0.2, 0.25) is 0 Å². The van der Waals surface area contributed by atoms with Gasteiger partial charge >= 0.3 is 6.09 Å². The first-order valence-corrected chi connectivity index (χ1v) is 7.80. The number of aromatic nitrogens is 1. The Balaban J connectivity index is 2.10. The van der Waals surface area contributed by atoms with Crippen LogP contribution in [0.25, 0.3) is 0 Å². The van der Waals surface area contributed by atoms with Crippen LogP contribution in [-0.4, -0.2) is 75.7 Å². The van der Waals surface area contributed by atoms with Crippen LogP contribution < -0.4 is 5.32 Å². The van der Waals surface area contributed by atoms with Gasteiger partial charge in [-0.2, -0.15) is 0 Å². The standard InChI is InChI=1S/C13H20N2O7S/c1-5-8(23-12(14-5)15-13(20)21-2)3-6-9(17)11(19)10(18)7(4-16)22-6/h6-7,9-11,16-19H,3-4H2,1-2H3,(H,14,15,20)/t6-,7+,9-,10-,11+/m0/s1. The van der Waals surface area contributed by atoms with E-state index in [0.29, 0.717) is 10.8 Å². The Labute approximate surface area is 136 Å². The van der Waals surface area contributed by atoms with Crippen LogP contribution >= 0.6 is 11.3 Å². The largest absolute Gasteiger partial charge is 0.453 e. The number of aliphatic hydroxyl groups excluding tert-OH is 4. The molecule has 0 aliphatic carbocycles. The molecular weight excluding hydrogens is 328 g/mol. The van der Waals surface area contributed by atoms with Gasteiger partial charge in [-0.3, -0.25) is 5.32 Å². The summed E-state index contributed by atoms with van der Waals surface area (Å²) in [5.41, 5.74) is 0.637. The number of carbonyl (C=O) groups excluding carboxylic acids is 1. The summed E-state index contributed by atoms with van der Waals surface area (Å²) in [6.45, 7) is 1.26. The summed E-state index contributed by atoms with van der Waals surface area (Å²) in [6.07, 6.45) is -6.27. The number of aryl methyl sites for hydroxylation is 1. The van der Waals surface area contributed by atoms with Crippen molar-refractivity contribution >= 4 is 22.6 Å². The van der Waals surface area contributed by atoms with Gasteiger partial charge in [0.25, 0.3) is 0 Å². The molecule has 5 atom stereocenters. The molecule has 5 N–H and O–H groups in total. The van der Waals surface area contributed by atoms with Gasteiger partial charge < -0.3 is 29.9 Å². The van der Waals surface area contributed by atoms with E-state index in [1.165, 1.54) is 18.4 Å². The number of nitrogens with zero attached hydrogens (tertiary/aromatic N) is 1. The number of nitrogens with one attached hydrogen (secondary N) is 1. The average molecular weight is 348 g/mol. The minimum Gasteiger partial charge on any atom is -0.453 e. The quantitative estimate of drug-likeness (QED) is 0.467. The molecular formula is C13H20N2O7S. The van der Waals surface area contributed by atoms with Gasteiger partial charge in [-0.05, 0) is 6.92 Å². The lowest BCUT2D eigenvalue weighted by atomic mass is 9.93. The Morgan fingerprint density at radius 1 is 1.30 bits per heavy atom. The maximum absolute atomic E-state index is 11.2. The smallest absolute Gasteiger partial charge is 0.413 e.